The first kappa shape index (κ1) is 11.4. The smallest absolute Gasteiger partial charge is 0.293 e. The fourth-order valence-electron chi connectivity index (χ4n) is 1.29. The van der Waals surface area contributed by atoms with Gasteiger partial charge in [-0.15, -0.1) is 0 Å². The number of anilines is 1. The van der Waals surface area contributed by atoms with Gasteiger partial charge in [0.25, 0.3) is 5.91 Å². The predicted octanol–water partition coefficient (Wildman–Crippen LogP) is 1.86. The third kappa shape index (κ3) is 2.43. The molecule has 3 nitrogen and oxygen atoms in total. The number of likely N-dealkylation sites (N-methyl/N-ethyl adjacent to an activating group) is 1. The number of benzene rings is 1. The van der Waals surface area contributed by atoms with E-state index in [9.17, 15) is 9.59 Å². The number of ketones is 1. The third-order valence-corrected chi connectivity index (χ3v) is 2.48. The molecule has 1 aromatic rings. The molecule has 0 bridgehead atoms. The molecule has 0 aliphatic heterocycles. The Labute approximate surface area is 89.7 Å². The molecule has 0 saturated carbocycles. The topological polar surface area (TPSA) is 37.4 Å². The Hall–Kier alpha value is -1.64. The van der Waals surface area contributed by atoms with Gasteiger partial charge in [0, 0.05) is 19.7 Å². The molecule has 1 amide bonds. The summed E-state index contributed by atoms with van der Waals surface area (Å²) in [6.07, 6.45) is 0. The van der Waals surface area contributed by atoms with E-state index in [0.29, 0.717) is 0 Å². The van der Waals surface area contributed by atoms with E-state index >= 15 is 0 Å². The van der Waals surface area contributed by atoms with E-state index in [0.717, 1.165) is 11.3 Å². The van der Waals surface area contributed by atoms with Gasteiger partial charge in [-0.05, 0) is 37.1 Å². The van der Waals surface area contributed by atoms with Crippen molar-refractivity contribution in [3.05, 3.63) is 29.3 Å². The van der Waals surface area contributed by atoms with E-state index in [4.69, 9.17) is 0 Å². The Morgan fingerprint density at radius 1 is 1.13 bits per heavy atom. The third-order valence-electron chi connectivity index (χ3n) is 2.48. The highest BCUT2D eigenvalue weighted by atomic mass is 16.2. The fraction of sp³-hybridized carbons (Fsp3) is 0.333. The lowest BCUT2D eigenvalue weighted by molar-refractivity contribution is -0.134. The Morgan fingerprint density at radius 3 is 2.20 bits per heavy atom. The molecule has 15 heavy (non-hydrogen) atoms. The van der Waals surface area contributed by atoms with Crippen molar-refractivity contribution in [3.63, 3.8) is 0 Å². The van der Waals surface area contributed by atoms with Gasteiger partial charge in [0.15, 0.2) is 0 Å². The molecular formula is C12H15NO2. The molecule has 0 atom stereocenters. The van der Waals surface area contributed by atoms with Crippen LogP contribution in [0, 0.1) is 13.8 Å². The molecule has 0 aliphatic rings. The molecule has 0 aliphatic carbocycles. The second-order valence-electron chi connectivity index (χ2n) is 3.69. The standard InChI is InChI=1S/C12H15NO2/c1-8-5-6-11(7-9(8)2)13(4)12(15)10(3)14/h5-7H,1-4H3. The lowest BCUT2D eigenvalue weighted by atomic mass is 10.1. The highest BCUT2D eigenvalue weighted by molar-refractivity contribution is 6.40. The summed E-state index contributed by atoms with van der Waals surface area (Å²) >= 11 is 0. The number of amides is 1. The fourth-order valence-corrected chi connectivity index (χ4v) is 1.29. The van der Waals surface area contributed by atoms with E-state index in [1.165, 1.54) is 17.4 Å². The molecular weight excluding hydrogens is 190 g/mol. The zero-order valence-corrected chi connectivity index (χ0v) is 9.50. The first-order chi connectivity index (χ1) is 6.93. The van der Waals surface area contributed by atoms with Gasteiger partial charge < -0.3 is 4.90 Å². The number of aryl methyl sites for hydroxylation is 2. The van der Waals surface area contributed by atoms with Gasteiger partial charge in [-0.1, -0.05) is 6.07 Å². The van der Waals surface area contributed by atoms with Gasteiger partial charge >= 0.3 is 0 Å². The minimum absolute atomic E-state index is 0.448. The normalized spacial score (nSPS) is 9.87. The summed E-state index contributed by atoms with van der Waals surface area (Å²) in [5.74, 6) is -0.936. The molecule has 0 saturated heterocycles. The Balaban J connectivity index is 3.02. The SMILES string of the molecule is CC(=O)C(=O)N(C)c1ccc(C)c(C)c1. The monoisotopic (exact) mass is 205 g/mol. The summed E-state index contributed by atoms with van der Waals surface area (Å²) in [6, 6.07) is 5.67. The van der Waals surface area contributed by atoms with Crippen molar-refractivity contribution < 1.29 is 9.59 Å². The van der Waals surface area contributed by atoms with Crippen LogP contribution in [0.5, 0.6) is 0 Å². The van der Waals surface area contributed by atoms with E-state index in [2.05, 4.69) is 0 Å². The first-order valence-corrected chi connectivity index (χ1v) is 4.79. The van der Waals surface area contributed by atoms with Crippen molar-refractivity contribution in [2.45, 2.75) is 20.8 Å². The second kappa shape index (κ2) is 4.26. The van der Waals surface area contributed by atoms with E-state index in [-0.39, 0.29) is 0 Å². The maximum Gasteiger partial charge on any atom is 0.293 e. The van der Waals surface area contributed by atoms with Crippen LogP contribution in [0.25, 0.3) is 0 Å². The highest BCUT2D eigenvalue weighted by Crippen LogP contribution is 2.17. The summed E-state index contributed by atoms with van der Waals surface area (Å²) in [7, 11) is 1.60. The molecule has 1 rings (SSSR count). The van der Waals surface area contributed by atoms with Gasteiger partial charge in [0.1, 0.15) is 0 Å². The predicted molar refractivity (Wildman–Crippen MR) is 60.0 cm³/mol. The lowest BCUT2D eigenvalue weighted by Crippen LogP contribution is -2.31. The summed E-state index contributed by atoms with van der Waals surface area (Å²) < 4.78 is 0. The van der Waals surface area contributed by atoms with E-state index in [1.807, 2.05) is 32.0 Å². The Morgan fingerprint density at radius 2 is 1.73 bits per heavy atom. The minimum atomic E-state index is -0.488. The van der Waals surface area contributed by atoms with Crippen molar-refractivity contribution >= 4 is 17.4 Å². The molecule has 0 unspecified atom stereocenters. The molecule has 1 aromatic carbocycles. The van der Waals surface area contributed by atoms with Gasteiger partial charge in [-0.25, -0.2) is 0 Å². The zero-order valence-electron chi connectivity index (χ0n) is 9.50. The van der Waals surface area contributed by atoms with Crippen molar-refractivity contribution in [1.29, 1.82) is 0 Å². The number of carbonyl (C=O) groups is 2. The van der Waals surface area contributed by atoms with E-state index < -0.39 is 11.7 Å². The average molecular weight is 205 g/mol. The average Bonchev–Trinajstić information content (AvgIpc) is 2.19. The molecule has 0 N–H and O–H groups in total. The summed E-state index contributed by atoms with van der Waals surface area (Å²) in [6.45, 7) is 5.26. The van der Waals surface area contributed by atoms with Crippen LogP contribution in [0.3, 0.4) is 0 Å². The maximum atomic E-state index is 11.4. The minimum Gasteiger partial charge on any atom is -0.309 e. The van der Waals surface area contributed by atoms with Crippen LogP contribution in [0.4, 0.5) is 5.69 Å². The number of nitrogens with zero attached hydrogens (tertiary/aromatic N) is 1. The van der Waals surface area contributed by atoms with Crippen LogP contribution in [-0.2, 0) is 9.59 Å². The van der Waals surface area contributed by atoms with Crippen LogP contribution in [0.15, 0.2) is 18.2 Å². The molecule has 3 heteroatoms. The van der Waals surface area contributed by atoms with Crippen molar-refractivity contribution in [2.24, 2.45) is 0 Å². The number of hydrogen-bond donors (Lipinski definition) is 0. The van der Waals surface area contributed by atoms with Gasteiger partial charge in [0.2, 0.25) is 5.78 Å². The van der Waals surface area contributed by atoms with Crippen LogP contribution in [0.1, 0.15) is 18.1 Å². The first-order valence-electron chi connectivity index (χ1n) is 4.79. The van der Waals surface area contributed by atoms with Crippen LogP contribution < -0.4 is 4.90 Å². The van der Waals surface area contributed by atoms with Crippen LogP contribution >= 0.6 is 0 Å². The van der Waals surface area contributed by atoms with Gasteiger partial charge in [-0.2, -0.15) is 0 Å². The quantitative estimate of drug-likeness (QED) is 0.691. The number of hydrogen-bond acceptors (Lipinski definition) is 2. The Bertz CT molecular complexity index is 410. The largest absolute Gasteiger partial charge is 0.309 e. The second-order valence-corrected chi connectivity index (χ2v) is 3.69. The molecule has 0 radical (unpaired) electrons. The van der Waals surface area contributed by atoms with E-state index in [1.54, 1.807) is 7.05 Å². The summed E-state index contributed by atoms with van der Waals surface area (Å²) in [4.78, 5) is 23.7. The van der Waals surface area contributed by atoms with Gasteiger partial charge in [-0.3, -0.25) is 9.59 Å². The number of rotatable bonds is 2. The molecule has 80 valence electrons. The maximum absolute atomic E-state index is 11.4. The van der Waals surface area contributed by atoms with Crippen LogP contribution in [0.2, 0.25) is 0 Å². The highest BCUT2D eigenvalue weighted by Gasteiger charge is 2.15. The number of carbonyl (C=O) groups excluding carboxylic acids is 2. The zero-order chi connectivity index (χ0) is 11.6. The molecule has 0 aromatic heterocycles. The van der Waals surface area contributed by atoms with Crippen LogP contribution in [-0.4, -0.2) is 18.7 Å². The van der Waals surface area contributed by atoms with Crippen molar-refractivity contribution in [3.8, 4) is 0 Å². The summed E-state index contributed by atoms with van der Waals surface area (Å²) in [5.41, 5.74) is 3.02. The lowest BCUT2D eigenvalue weighted by Gasteiger charge is -2.16. The van der Waals surface area contributed by atoms with Crippen molar-refractivity contribution in [2.75, 3.05) is 11.9 Å². The molecule has 0 spiro atoms. The van der Waals surface area contributed by atoms with Crippen molar-refractivity contribution in [1.82, 2.24) is 0 Å². The molecule has 0 fully saturated rings. The Kier molecular flexibility index (Phi) is 3.24. The number of Topliss-reactive ketones (excluding diaryl/α,β-unsaturated/α-hetero) is 1. The summed E-state index contributed by atoms with van der Waals surface area (Å²) in [5, 5.41) is 0. The van der Waals surface area contributed by atoms with Gasteiger partial charge in [0.05, 0.1) is 0 Å². The molecule has 0 heterocycles.